The van der Waals surface area contributed by atoms with Crippen LogP contribution in [0.25, 0.3) is 0 Å². The smallest absolute Gasteiger partial charge is 0.339 e. The van der Waals surface area contributed by atoms with Crippen LogP contribution in [0.3, 0.4) is 0 Å². The molecule has 0 aliphatic heterocycles. The first-order chi connectivity index (χ1) is 6.07. The predicted molar refractivity (Wildman–Crippen MR) is 57.9 cm³/mol. The largest absolute Gasteiger partial charge is 0.465 e. The van der Waals surface area contributed by atoms with Gasteiger partial charge in [0.1, 0.15) is 0 Å². The minimum Gasteiger partial charge on any atom is -0.465 e. The third-order valence-corrected chi connectivity index (χ3v) is 3.26. The van der Waals surface area contributed by atoms with Crippen molar-refractivity contribution in [2.75, 3.05) is 7.11 Å². The van der Waals surface area contributed by atoms with Gasteiger partial charge in [-0.3, -0.25) is 0 Å². The third kappa shape index (κ3) is 2.11. The Bertz CT molecular complexity index is 348. The summed E-state index contributed by atoms with van der Waals surface area (Å²) in [4.78, 5) is 11.3. The van der Waals surface area contributed by atoms with Crippen molar-refractivity contribution in [1.82, 2.24) is 0 Å². The van der Waals surface area contributed by atoms with Gasteiger partial charge in [-0.2, -0.15) is 0 Å². The molecule has 0 spiro atoms. The second-order valence-corrected chi connectivity index (χ2v) is 4.23. The number of benzene rings is 1. The number of rotatable bonds is 1. The van der Waals surface area contributed by atoms with E-state index in [0.717, 1.165) is 14.5 Å². The van der Waals surface area contributed by atoms with Crippen molar-refractivity contribution < 1.29 is 9.53 Å². The van der Waals surface area contributed by atoms with Crippen LogP contribution in [0.5, 0.6) is 0 Å². The van der Waals surface area contributed by atoms with E-state index >= 15 is 0 Å². The zero-order valence-corrected chi connectivity index (χ0v) is 10.4. The van der Waals surface area contributed by atoms with E-state index in [9.17, 15) is 4.79 Å². The summed E-state index contributed by atoms with van der Waals surface area (Å²) in [5.74, 6) is -0.328. The number of hydrogen-bond acceptors (Lipinski definition) is 2. The topological polar surface area (TPSA) is 26.3 Å². The van der Waals surface area contributed by atoms with Crippen molar-refractivity contribution in [1.29, 1.82) is 0 Å². The lowest BCUT2D eigenvalue weighted by Gasteiger charge is -2.07. The number of hydrogen-bond donors (Lipinski definition) is 0. The van der Waals surface area contributed by atoms with Crippen LogP contribution in [-0.2, 0) is 4.74 Å². The average Bonchev–Trinajstić information content (AvgIpc) is 2.12. The van der Waals surface area contributed by atoms with Crippen LogP contribution in [0, 0.1) is 6.92 Å². The molecular formula is C9H8Br2O2. The number of esters is 1. The Balaban J connectivity index is 3.33. The quantitative estimate of drug-likeness (QED) is 0.744. The maximum Gasteiger partial charge on any atom is 0.339 e. The molecule has 0 heterocycles. The van der Waals surface area contributed by atoms with Gasteiger partial charge >= 0.3 is 5.97 Å². The minimum atomic E-state index is -0.328. The van der Waals surface area contributed by atoms with E-state index in [1.807, 2.05) is 19.1 Å². The lowest BCUT2D eigenvalue weighted by Crippen LogP contribution is -2.05. The fourth-order valence-electron chi connectivity index (χ4n) is 1.01. The molecule has 0 amide bonds. The highest BCUT2D eigenvalue weighted by atomic mass is 79.9. The van der Waals surface area contributed by atoms with Crippen molar-refractivity contribution in [3.8, 4) is 0 Å². The lowest BCUT2D eigenvalue weighted by molar-refractivity contribution is 0.0599. The fourth-order valence-corrected chi connectivity index (χ4v) is 1.93. The van der Waals surface area contributed by atoms with E-state index in [0.29, 0.717) is 5.56 Å². The summed E-state index contributed by atoms with van der Waals surface area (Å²) in [6.07, 6.45) is 0. The van der Waals surface area contributed by atoms with Crippen LogP contribution in [0.4, 0.5) is 0 Å². The summed E-state index contributed by atoms with van der Waals surface area (Å²) in [6, 6.07) is 3.69. The molecule has 70 valence electrons. The molecule has 2 nitrogen and oxygen atoms in total. The van der Waals surface area contributed by atoms with Gasteiger partial charge < -0.3 is 4.74 Å². The molecule has 4 heteroatoms. The molecule has 0 bridgehead atoms. The summed E-state index contributed by atoms with van der Waals surface area (Å²) in [7, 11) is 1.37. The van der Waals surface area contributed by atoms with Crippen molar-refractivity contribution in [2.24, 2.45) is 0 Å². The molecule has 1 aromatic rings. The van der Waals surface area contributed by atoms with Crippen LogP contribution in [0.1, 0.15) is 15.9 Å². The normalized spacial score (nSPS) is 9.85. The van der Waals surface area contributed by atoms with Crippen molar-refractivity contribution in [3.63, 3.8) is 0 Å². The molecule has 0 aromatic heterocycles. The second kappa shape index (κ2) is 4.24. The summed E-state index contributed by atoms with van der Waals surface area (Å²) >= 11 is 6.65. The third-order valence-electron chi connectivity index (χ3n) is 1.74. The summed E-state index contributed by atoms with van der Waals surface area (Å²) in [5.41, 5.74) is 1.44. The van der Waals surface area contributed by atoms with Crippen LogP contribution in [0.2, 0.25) is 0 Å². The summed E-state index contributed by atoms with van der Waals surface area (Å²) in [5, 5.41) is 0. The second-order valence-electron chi connectivity index (χ2n) is 2.52. The summed E-state index contributed by atoms with van der Waals surface area (Å²) in [6.45, 7) is 1.86. The van der Waals surface area contributed by atoms with Gasteiger partial charge in [0, 0.05) is 8.95 Å². The van der Waals surface area contributed by atoms with E-state index < -0.39 is 0 Å². The van der Waals surface area contributed by atoms with E-state index in [2.05, 4.69) is 36.6 Å². The highest BCUT2D eigenvalue weighted by Gasteiger charge is 2.14. The van der Waals surface area contributed by atoms with Gasteiger partial charge in [-0.25, -0.2) is 4.79 Å². The van der Waals surface area contributed by atoms with Gasteiger partial charge in [0.25, 0.3) is 0 Å². The lowest BCUT2D eigenvalue weighted by atomic mass is 10.1. The zero-order valence-electron chi connectivity index (χ0n) is 7.23. The molecule has 0 atom stereocenters. The van der Waals surface area contributed by atoms with Crippen LogP contribution in [0.15, 0.2) is 21.1 Å². The Morgan fingerprint density at radius 1 is 1.31 bits per heavy atom. The Kier molecular flexibility index (Phi) is 3.50. The molecule has 1 rings (SSSR count). The molecule has 1 aromatic carbocycles. The van der Waals surface area contributed by atoms with Gasteiger partial charge in [-0.1, -0.05) is 15.9 Å². The van der Waals surface area contributed by atoms with Gasteiger partial charge in [-0.05, 0) is 40.5 Å². The molecule has 0 fully saturated rings. The van der Waals surface area contributed by atoms with Gasteiger partial charge in [-0.15, -0.1) is 0 Å². The molecule has 0 radical (unpaired) electrons. The highest BCUT2D eigenvalue weighted by molar-refractivity contribution is 9.11. The Morgan fingerprint density at radius 3 is 2.38 bits per heavy atom. The van der Waals surface area contributed by atoms with Crippen molar-refractivity contribution in [3.05, 3.63) is 32.2 Å². The number of ether oxygens (including phenoxy) is 1. The van der Waals surface area contributed by atoms with Gasteiger partial charge in [0.15, 0.2) is 0 Å². The van der Waals surface area contributed by atoms with Crippen LogP contribution in [-0.4, -0.2) is 13.1 Å². The van der Waals surface area contributed by atoms with Crippen LogP contribution < -0.4 is 0 Å². The maximum atomic E-state index is 11.3. The number of methoxy groups -OCH3 is 1. The number of halogens is 2. The van der Waals surface area contributed by atoms with Gasteiger partial charge in [0.05, 0.1) is 12.7 Å². The average molecular weight is 308 g/mol. The number of carbonyl (C=O) groups excluding carboxylic acids is 1. The Labute approximate surface area is 93.5 Å². The monoisotopic (exact) mass is 306 g/mol. The molecule has 0 N–H and O–H groups in total. The first kappa shape index (κ1) is 10.7. The number of carbonyl (C=O) groups is 1. The van der Waals surface area contributed by atoms with Crippen LogP contribution >= 0.6 is 31.9 Å². The highest BCUT2D eigenvalue weighted by Crippen LogP contribution is 2.27. The predicted octanol–water partition coefficient (Wildman–Crippen LogP) is 3.31. The molecule has 0 aliphatic rings. The Morgan fingerprint density at radius 2 is 1.85 bits per heavy atom. The van der Waals surface area contributed by atoms with Crippen molar-refractivity contribution >= 4 is 37.8 Å². The van der Waals surface area contributed by atoms with E-state index in [4.69, 9.17) is 0 Å². The van der Waals surface area contributed by atoms with E-state index in [1.165, 1.54) is 7.11 Å². The maximum absolute atomic E-state index is 11.3. The summed E-state index contributed by atoms with van der Waals surface area (Å²) < 4.78 is 6.31. The standard InChI is InChI=1S/C9H8Br2O2/c1-5-6(10)3-4-7(11)8(5)9(12)13-2/h3-4H,1-2H3. The van der Waals surface area contributed by atoms with Crippen molar-refractivity contribution in [2.45, 2.75) is 6.92 Å². The molecule has 0 aliphatic carbocycles. The molecule has 13 heavy (non-hydrogen) atoms. The Hall–Kier alpha value is -0.350. The molecular weight excluding hydrogens is 300 g/mol. The fraction of sp³-hybridized carbons (Fsp3) is 0.222. The van der Waals surface area contributed by atoms with Gasteiger partial charge in [0.2, 0.25) is 0 Å². The minimum absolute atomic E-state index is 0.328. The zero-order chi connectivity index (χ0) is 10.0. The SMILES string of the molecule is COC(=O)c1c(Br)ccc(Br)c1C. The molecule has 0 saturated carbocycles. The molecule has 0 saturated heterocycles. The molecule has 0 unspecified atom stereocenters. The first-order valence-corrected chi connectivity index (χ1v) is 5.19. The van der Waals surface area contributed by atoms with E-state index in [1.54, 1.807) is 0 Å². The van der Waals surface area contributed by atoms with E-state index in [-0.39, 0.29) is 5.97 Å². The first-order valence-electron chi connectivity index (χ1n) is 3.61.